The average molecular weight is 448 g/mol. The van der Waals surface area contributed by atoms with E-state index in [2.05, 4.69) is 20.8 Å². The number of nitrogens with zero attached hydrogens (tertiary/aromatic N) is 2. The number of aliphatic hydroxyl groups excluding tert-OH is 1. The van der Waals surface area contributed by atoms with Crippen LogP contribution >= 0.6 is 27.5 Å². The molecular formula is C18H24BrClN2O4. The average Bonchev–Trinajstić information content (AvgIpc) is 2.75. The molecule has 2 heterocycles. The summed E-state index contributed by atoms with van der Waals surface area (Å²) < 4.78 is 12.1. The fourth-order valence-electron chi connectivity index (χ4n) is 3.26. The smallest absolute Gasteiger partial charge is 0.410 e. The van der Waals surface area contributed by atoms with Gasteiger partial charge in [0.25, 0.3) is 0 Å². The summed E-state index contributed by atoms with van der Waals surface area (Å²) in [5.74, 6) is 0.647. The molecule has 1 amide bonds. The van der Waals surface area contributed by atoms with E-state index in [4.69, 9.17) is 21.1 Å². The Morgan fingerprint density at radius 2 is 2.19 bits per heavy atom. The van der Waals surface area contributed by atoms with Crippen LogP contribution < -0.4 is 4.74 Å². The molecule has 2 aliphatic heterocycles. The molecule has 144 valence electrons. The van der Waals surface area contributed by atoms with E-state index in [9.17, 15) is 9.90 Å². The Morgan fingerprint density at radius 1 is 1.46 bits per heavy atom. The molecule has 6 nitrogen and oxygen atoms in total. The van der Waals surface area contributed by atoms with Gasteiger partial charge in [-0.2, -0.15) is 0 Å². The van der Waals surface area contributed by atoms with Gasteiger partial charge in [-0.25, -0.2) is 4.79 Å². The zero-order chi connectivity index (χ0) is 19.1. The van der Waals surface area contributed by atoms with Crippen LogP contribution in [0.5, 0.6) is 5.75 Å². The van der Waals surface area contributed by atoms with Crippen LogP contribution in [-0.2, 0) is 17.9 Å². The first-order chi connectivity index (χ1) is 12.2. The van der Waals surface area contributed by atoms with E-state index in [0.717, 1.165) is 17.7 Å². The number of hydrogen-bond acceptors (Lipinski definition) is 5. The van der Waals surface area contributed by atoms with Crippen molar-refractivity contribution in [1.82, 2.24) is 9.80 Å². The number of amides is 1. The molecule has 1 atom stereocenters. The van der Waals surface area contributed by atoms with E-state index < -0.39 is 5.60 Å². The second-order valence-corrected chi connectivity index (χ2v) is 8.84. The molecule has 0 aromatic heterocycles. The first-order valence-electron chi connectivity index (χ1n) is 8.65. The predicted molar refractivity (Wildman–Crippen MR) is 103 cm³/mol. The van der Waals surface area contributed by atoms with Crippen LogP contribution in [0, 0.1) is 0 Å². The van der Waals surface area contributed by atoms with Crippen molar-refractivity contribution in [2.24, 2.45) is 0 Å². The minimum Gasteiger partial charge on any atom is -0.490 e. The molecule has 0 unspecified atom stereocenters. The highest BCUT2D eigenvalue weighted by molar-refractivity contribution is 9.10. The van der Waals surface area contributed by atoms with Gasteiger partial charge >= 0.3 is 6.09 Å². The zero-order valence-electron chi connectivity index (χ0n) is 15.2. The number of ether oxygens (including phenoxy) is 2. The van der Waals surface area contributed by atoms with Crippen molar-refractivity contribution in [3.63, 3.8) is 0 Å². The molecule has 26 heavy (non-hydrogen) atoms. The lowest BCUT2D eigenvalue weighted by molar-refractivity contribution is -0.00154. The summed E-state index contributed by atoms with van der Waals surface area (Å²) in [6.07, 6.45) is -0.290. The maximum Gasteiger partial charge on any atom is 0.410 e. The second kappa shape index (κ2) is 7.54. The van der Waals surface area contributed by atoms with Crippen molar-refractivity contribution in [1.29, 1.82) is 0 Å². The monoisotopic (exact) mass is 446 g/mol. The SMILES string of the molecule is CC(C)(C)OC(=O)N1CCN2Cc3cc(CO)c(Br)c(Cl)c3OC[C@H]2C1. The molecule has 0 spiro atoms. The van der Waals surface area contributed by atoms with Crippen molar-refractivity contribution < 1.29 is 19.4 Å². The van der Waals surface area contributed by atoms with Crippen LogP contribution in [0.2, 0.25) is 5.02 Å². The van der Waals surface area contributed by atoms with E-state index in [1.165, 1.54) is 0 Å². The lowest BCUT2D eigenvalue weighted by Gasteiger charge is -2.40. The number of aliphatic hydroxyl groups is 1. The minimum atomic E-state index is -0.509. The highest BCUT2D eigenvalue weighted by Gasteiger charge is 2.35. The van der Waals surface area contributed by atoms with E-state index in [1.807, 2.05) is 26.8 Å². The van der Waals surface area contributed by atoms with Crippen LogP contribution in [0.3, 0.4) is 0 Å². The molecule has 0 radical (unpaired) electrons. The Labute approximate surface area is 167 Å². The number of fused-ring (bicyclic) bond motifs is 2. The van der Waals surface area contributed by atoms with E-state index in [0.29, 0.717) is 41.5 Å². The van der Waals surface area contributed by atoms with Crippen molar-refractivity contribution in [3.8, 4) is 5.75 Å². The highest BCUT2D eigenvalue weighted by atomic mass is 79.9. The first-order valence-corrected chi connectivity index (χ1v) is 9.82. The van der Waals surface area contributed by atoms with Crippen LogP contribution in [0.15, 0.2) is 10.5 Å². The van der Waals surface area contributed by atoms with Crippen molar-refractivity contribution in [2.75, 3.05) is 26.2 Å². The summed E-state index contributed by atoms with van der Waals surface area (Å²) in [6.45, 7) is 8.51. The number of carbonyl (C=O) groups is 1. The molecule has 1 aromatic carbocycles. The van der Waals surface area contributed by atoms with Gasteiger partial charge < -0.3 is 19.5 Å². The third-order valence-electron chi connectivity index (χ3n) is 4.53. The van der Waals surface area contributed by atoms with Crippen LogP contribution in [-0.4, -0.2) is 58.9 Å². The summed E-state index contributed by atoms with van der Waals surface area (Å²) in [4.78, 5) is 16.4. The summed E-state index contributed by atoms with van der Waals surface area (Å²) in [5.41, 5.74) is 1.18. The number of hydrogen-bond donors (Lipinski definition) is 1. The van der Waals surface area contributed by atoms with Gasteiger partial charge in [-0.05, 0) is 48.3 Å². The molecule has 1 saturated heterocycles. The zero-order valence-corrected chi connectivity index (χ0v) is 17.6. The molecule has 0 aliphatic carbocycles. The number of carbonyl (C=O) groups excluding carboxylic acids is 1. The fourth-order valence-corrected chi connectivity index (χ4v) is 3.98. The molecule has 0 saturated carbocycles. The van der Waals surface area contributed by atoms with Gasteiger partial charge in [0.15, 0.2) is 0 Å². The topological polar surface area (TPSA) is 62.2 Å². The van der Waals surface area contributed by atoms with Gasteiger partial charge in [0.1, 0.15) is 18.0 Å². The van der Waals surface area contributed by atoms with Crippen LogP contribution in [0.4, 0.5) is 4.79 Å². The molecule has 1 aromatic rings. The summed E-state index contributed by atoms with van der Waals surface area (Å²) in [5, 5.41) is 10.0. The molecule has 1 N–H and O–H groups in total. The summed E-state index contributed by atoms with van der Waals surface area (Å²) in [6, 6.07) is 1.99. The molecule has 0 bridgehead atoms. The Kier molecular flexibility index (Phi) is 5.72. The maximum absolute atomic E-state index is 12.4. The lowest BCUT2D eigenvalue weighted by Crippen LogP contribution is -2.56. The summed E-state index contributed by atoms with van der Waals surface area (Å²) >= 11 is 9.85. The standard InChI is InChI=1S/C18H24BrClN2O4/c1-18(2,3)26-17(24)22-5-4-21-7-11-6-12(9-23)14(19)15(20)16(11)25-10-13(21)8-22/h6,13,23H,4-5,7-10H2,1-3H3/t13-/m1/s1. The first kappa shape index (κ1) is 19.7. The van der Waals surface area contributed by atoms with E-state index in [-0.39, 0.29) is 18.7 Å². The van der Waals surface area contributed by atoms with Gasteiger partial charge in [-0.1, -0.05) is 11.6 Å². The van der Waals surface area contributed by atoms with Crippen LogP contribution in [0.1, 0.15) is 31.9 Å². The lowest BCUT2D eigenvalue weighted by atomic mass is 10.1. The maximum atomic E-state index is 12.4. The Balaban J connectivity index is 1.76. The van der Waals surface area contributed by atoms with E-state index in [1.54, 1.807) is 4.90 Å². The fraction of sp³-hybridized carbons (Fsp3) is 0.611. The van der Waals surface area contributed by atoms with Crippen molar-refractivity contribution in [3.05, 3.63) is 26.7 Å². The Bertz CT molecular complexity index is 707. The number of benzene rings is 1. The van der Waals surface area contributed by atoms with Gasteiger partial charge in [0.05, 0.1) is 17.7 Å². The molecule has 2 aliphatic rings. The molecule has 1 fully saturated rings. The highest BCUT2D eigenvalue weighted by Crippen LogP contribution is 2.40. The van der Waals surface area contributed by atoms with Gasteiger partial charge in [-0.3, -0.25) is 4.90 Å². The van der Waals surface area contributed by atoms with Gasteiger partial charge in [0, 0.05) is 36.2 Å². The van der Waals surface area contributed by atoms with Crippen LogP contribution in [0.25, 0.3) is 0 Å². The molecule has 8 heteroatoms. The Morgan fingerprint density at radius 3 is 2.85 bits per heavy atom. The summed E-state index contributed by atoms with van der Waals surface area (Å²) in [7, 11) is 0. The number of rotatable bonds is 1. The van der Waals surface area contributed by atoms with Crippen molar-refractivity contribution in [2.45, 2.75) is 45.6 Å². The molecule has 3 rings (SSSR count). The normalized spacial score (nSPS) is 20.7. The van der Waals surface area contributed by atoms with E-state index >= 15 is 0 Å². The largest absolute Gasteiger partial charge is 0.490 e. The quantitative estimate of drug-likeness (QED) is 0.715. The second-order valence-electron chi connectivity index (χ2n) is 7.67. The predicted octanol–water partition coefficient (Wildman–Crippen LogP) is 3.41. The number of halogens is 2. The third kappa shape index (κ3) is 4.11. The third-order valence-corrected chi connectivity index (χ3v) is 6.03. The Hall–Kier alpha value is -1.02. The van der Waals surface area contributed by atoms with Gasteiger partial charge in [-0.15, -0.1) is 0 Å². The van der Waals surface area contributed by atoms with Gasteiger partial charge in [0.2, 0.25) is 0 Å². The molecular weight excluding hydrogens is 424 g/mol. The number of piperazine rings is 1. The van der Waals surface area contributed by atoms with Crippen molar-refractivity contribution >= 4 is 33.6 Å². The minimum absolute atomic E-state index is 0.0658.